The lowest BCUT2D eigenvalue weighted by Gasteiger charge is -2.40. The zero-order valence-corrected chi connectivity index (χ0v) is 19.9. The molecule has 2 unspecified atom stereocenters. The number of nitrogens with zero attached hydrogens (tertiary/aromatic N) is 2. The van der Waals surface area contributed by atoms with Crippen LogP contribution in [-0.4, -0.2) is 49.3 Å². The molecule has 1 aromatic rings. The van der Waals surface area contributed by atoms with Crippen LogP contribution in [0.5, 0.6) is 5.75 Å². The number of rotatable bonds is 7. The van der Waals surface area contributed by atoms with E-state index in [2.05, 4.69) is 0 Å². The van der Waals surface area contributed by atoms with Gasteiger partial charge in [-0.1, -0.05) is 12.2 Å². The van der Waals surface area contributed by atoms with Gasteiger partial charge in [-0.15, -0.1) is 0 Å². The lowest BCUT2D eigenvalue weighted by atomic mass is 9.82. The Labute approximate surface area is 188 Å². The molecule has 176 valence electrons. The molecule has 0 N–H and O–H groups in total. The van der Waals surface area contributed by atoms with Gasteiger partial charge in [0.25, 0.3) is 5.69 Å². The summed E-state index contributed by atoms with van der Waals surface area (Å²) >= 11 is 0. The number of hydrogen-bond donors (Lipinski definition) is 0. The van der Waals surface area contributed by atoms with Crippen molar-refractivity contribution in [2.24, 2.45) is 0 Å². The Kier molecular flexibility index (Phi) is 7.69. The van der Waals surface area contributed by atoms with Gasteiger partial charge in [-0.25, -0.2) is 4.79 Å². The molecule has 0 heterocycles. The van der Waals surface area contributed by atoms with Crippen LogP contribution < -0.4 is 9.64 Å². The molecule has 0 saturated heterocycles. The summed E-state index contributed by atoms with van der Waals surface area (Å²) in [4.78, 5) is 24.7. The largest absolute Gasteiger partial charge is 0.483 e. The number of nitro benzene ring substituents is 1. The van der Waals surface area contributed by atoms with Gasteiger partial charge >= 0.3 is 6.09 Å². The predicted molar refractivity (Wildman–Crippen MR) is 121 cm³/mol. The fraction of sp³-hybridized carbons (Fsp3) is 0.522. The zero-order valence-electron chi connectivity index (χ0n) is 19.9. The van der Waals surface area contributed by atoms with E-state index in [1.807, 2.05) is 32.9 Å². The molecule has 2 rings (SSSR count). The molecule has 0 fully saturated rings. The quantitative estimate of drug-likeness (QED) is 0.329. The summed E-state index contributed by atoms with van der Waals surface area (Å²) in [5, 5.41) is 11.6. The molecule has 2 atom stereocenters. The van der Waals surface area contributed by atoms with Gasteiger partial charge in [-0.3, -0.25) is 15.0 Å². The highest BCUT2D eigenvalue weighted by atomic mass is 16.7. The van der Waals surface area contributed by atoms with E-state index < -0.39 is 28.3 Å². The van der Waals surface area contributed by atoms with Gasteiger partial charge in [0.2, 0.25) is 0 Å². The summed E-state index contributed by atoms with van der Waals surface area (Å²) in [5.74, 6) is 0.348. The maximum Gasteiger partial charge on any atom is 0.414 e. The maximum absolute atomic E-state index is 12.5. The average molecular weight is 449 g/mol. The molecule has 0 bridgehead atoms. The second-order valence-corrected chi connectivity index (χ2v) is 8.86. The van der Waals surface area contributed by atoms with Crippen molar-refractivity contribution in [3.8, 4) is 5.75 Å². The Morgan fingerprint density at radius 3 is 2.47 bits per heavy atom. The number of hydrogen-bond acceptors (Lipinski definition) is 7. The molecule has 32 heavy (non-hydrogen) atoms. The number of carbonyl (C=O) groups is 1. The lowest BCUT2D eigenvalue weighted by molar-refractivity contribution is -0.384. The predicted octanol–water partition coefficient (Wildman–Crippen LogP) is 5.00. The molecular formula is C23H32N2O7. The second-order valence-electron chi connectivity index (χ2n) is 8.86. The highest BCUT2D eigenvalue weighted by Crippen LogP contribution is 2.38. The number of nitro groups is 1. The first-order valence-electron chi connectivity index (χ1n) is 10.2. The molecule has 9 nitrogen and oxygen atoms in total. The van der Waals surface area contributed by atoms with E-state index >= 15 is 0 Å². The number of amides is 1. The summed E-state index contributed by atoms with van der Waals surface area (Å²) < 4.78 is 22.7. The van der Waals surface area contributed by atoms with E-state index in [9.17, 15) is 14.9 Å². The van der Waals surface area contributed by atoms with Gasteiger partial charge in [-0.05, 0) is 58.8 Å². The fourth-order valence-electron chi connectivity index (χ4n) is 3.29. The highest BCUT2D eigenvalue weighted by molar-refractivity contribution is 5.90. The molecule has 1 aliphatic carbocycles. The molecule has 0 radical (unpaired) electrons. The number of ether oxygens (including phenoxy) is 4. The molecule has 0 saturated carbocycles. The second kappa shape index (κ2) is 9.70. The summed E-state index contributed by atoms with van der Waals surface area (Å²) in [7, 11) is 2.96. The van der Waals surface area contributed by atoms with Crippen molar-refractivity contribution in [1.29, 1.82) is 0 Å². The minimum Gasteiger partial charge on any atom is -0.483 e. The first-order valence-corrected chi connectivity index (χ1v) is 10.2. The Bertz CT molecular complexity index is 933. The Morgan fingerprint density at radius 1 is 1.25 bits per heavy atom. The Morgan fingerprint density at radius 2 is 1.91 bits per heavy atom. The van der Waals surface area contributed by atoms with Gasteiger partial charge in [-0.2, -0.15) is 0 Å². The van der Waals surface area contributed by atoms with Crippen LogP contribution in [0.1, 0.15) is 41.5 Å². The van der Waals surface area contributed by atoms with Crippen LogP contribution >= 0.6 is 0 Å². The zero-order chi connectivity index (χ0) is 24.3. The SMILES string of the molecule is COCOC1(C)C(C)=CC=C(C)C1Oc1ccc([N+](=O)[O-])c(N(C)C(=O)OC(C)(C)C)c1. The van der Waals surface area contributed by atoms with E-state index in [0.29, 0.717) is 5.75 Å². The maximum atomic E-state index is 12.5. The molecule has 9 heteroatoms. The van der Waals surface area contributed by atoms with Crippen molar-refractivity contribution >= 4 is 17.5 Å². The van der Waals surface area contributed by atoms with Crippen LogP contribution in [0.15, 0.2) is 41.5 Å². The molecule has 1 aliphatic rings. The smallest absolute Gasteiger partial charge is 0.414 e. The standard InChI is InChI=1S/C23H32N2O7/c1-15-9-10-16(2)23(6,30-14-29-8)20(15)31-17-11-12-18(25(27)28)19(13-17)24(7)21(26)32-22(3,4)5/h9-13,20H,14H2,1-8H3. The van der Waals surface area contributed by atoms with Crippen LogP contribution in [0.3, 0.4) is 0 Å². The van der Waals surface area contributed by atoms with Crippen LogP contribution in [0.2, 0.25) is 0 Å². The summed E-state index contributed by atoms with van der Waals surface area (Å²) in [5.41, 5.74) is 0.117. The Balaban J connectivity index is 2.43. The minimum atomic E-state index is -0.812. The van der Waals surface area contributed by atoms with E-state index in [4.69, 9.17) is 18.9 Å². The van der Waals surface area contributed by atoms with Crippen molar-refractivity contribution in [1.82, 2.24) is 0 Å². The van der Waals surface area contributed by atoms with Crippen molar-refractivity contribution in [3.05, 3.63) is 51.6 Å². The molecule has 1 aromatic carbocycles. The molecule has 0 spiro atoms. The van der Waals surface area contributed by atoms with Crippen molar-refractivity contribution in [2.45, 2.75) is 58.8 Å². The van der Waals surface area contributed by atoms with Crippen LogP contribution in [0, 0.1) is 10.1 Å². The highest BCUT2D eigenvalue weighted by Gasteiger charge is 2.42. The normalized spacial score (nSPS) is 20.8. The number of benzene rings is 1. The third-order valence-electron chi connectivity index (χ3n) is 5.20. The van der Waals surface area contributed by atoms with Gasteiger partial charge in [0.15, 0.2) is 6.10 Å². The fourth-order valence-corrected chi connectivity index (χ4v) is 3.29. The first-order chi connectivity index (χ1) is 14.8. The van der Waals surface area contributed by atoms with E-state index in [-0.39, 0.29) is 18.2 Å². The molecular weight excluding hydrogens is 416 g/mol. The van der Waals surface area contributed by atoms with Crippen LogP contribution in [0.4, 0.5) is 16.2 Å². The molecule has 0 aromatic heterocycles. The minimum absolute atomic E-state index is 0.0611. The average Bonchev–Trinajstić information content (AvgIpc) is 2.70. The third kappa shape index (κ3) is 5.66. The van der Waals surface area contributed by atoms with Gasteiger partial charge in [0.05, 0.1) is 4.92 Å². The van der Waals surface area contributed by atoms with Gasteiger partial charge < -0.3 is 18.9 Å². The topological polar surface area (TPSA) is 100 Å². The lowest BCUT2D eigenvalue weighted by Crippen LogP contribution is -2.49. The van der Waals surface area contributed by atoms with Gasteiger partial charge in [0, 0.05) is 26.3 Å². The van der Waals surface area contributed by atoms with Crippen LogP contribution in [-0.2, 0) is 14.2 Å². The first kappa shape index (κ1) is 25.4. The number of carbonyl (C=O) groups excluding carboxylic acids is 1. The third-order valence-corrected chi connectivity index (χ3v) is 5.20. The summed E-state index contributed by atoms with van der Waals surface area (Å²) in [6.45, 7) is 11.0. The van der Waals surface area contributed by atoms with Crippen molar-refractivity contribution in [2.75, 3.05) is 25.9 Å². The number of anilines is 1. The van der Waals surface area contributed by atoms with E-state index in [1.54, 1.807) is 27.9 Å². The summed E-state index contributed by atoms with van der Waals surface area (Å²) in [6, 6.07) is 4.27. The molecule has 1 amide bonds. The summed E-state index contributed by atoms with van der Waals surface area (Å²) in [6.07, 6.45) is 2.68. The number of allylic oxidation sites excluding steroid dienone is 2. The monoisotopic (exact) mass is 448 g/mol. The van der Waals surface area contributed by atoms with Crippen LogP contribution in [0.25, 0.3) is 0 Å². The van der Waals surface area contributed by atoms with E-state index in [1.165, 1.54) is 25.2 Å². The van der Waals surface area contributed by atoms with Crippen molar-refractivity contribution < 1.29 is 28.7 Å². The molecule has 0 aliphatic heterocycles. The number of methoxy groups -OCH3 is 1. The Hall–Kier alpha value is -2.91. The van der Waals surface area contributed by atoms with Gasteiger partial charge in [0.1, 0.15) is 29.4 Å². The van der Waals surface area contributed by atoms with E-state index in [0.717, 1.165) is 16.0 Å². The van der Waals surface area contributed by atoms with Crippen molar-refractivity contribution in [3.63, 3.8) is 0 Å².